The van der Waals surface area contributed by atoms with Gasteiger partial charge in [-0.05, 0) is 30.2 Å². The lowest BCUT2D eigenvalue weighted by Crippen LogP contribution is -2.23. The van der Waals surface area contributed by atoms with Gasteiger partial charge in [0.25, 0.3) is 0 Å². The summed E-state index contributed by atoms with van der Waals surface area (Å²) in [6.07, 6.45) is 1.17. The van der Waals surface area contributed by atoms with Crippen LogP contribution in [0.1, 0.15) is 30.6 Å². The Labute approximate surface area is 103 Å². The van der Waals surface area contributed by atoms with E-state index in [1.807, 2.05) is 12.1 Å². The number of nitrogens with zero attached hydrogens (tertiary/aromatic N) is 1. The lowest BCUT2D eigenvalue weighted by Gasteiger charge is -2.22. The molecule has 3 heteroatoms. The van der Waals surface area contributed by atoms with Crippen molar-refractivity contribution in [3.63, 3.8) is 0 Å². The Morgan fingerprint density at radius 2 is 1.94 bits per heavy atom. The maximum atomic E-state index is 11.3. The molecule has 1 unspecified atom stereocenters. The fourth-order valence-electron chi connectivity index (χ4n) is 1.67. The molecule has 1 aromatic rings. The van der Waals surface area contributed by atoms with E-state index in [1.165, 1.54) is 13.5 Å². The third-order valence-corrected chi connectivity index (χ3v) is 3.01. The highest BCUT2D eigenvalue weighted by atomic mass is 16.5. The molecule has 1 rings (SSSR count). The second-order valence-corrected chi connectivity index (χ2v) is 4.43. The summed E-state index contributed by atoms with van der Waals surface area (Å²) in [5, 5.41) is 0. The number of rotatable bonds is 5. The highest BCUT2D eigenvalue weighted by Crippen LogP contribution is 2.16. The molecule has 1 aromatic carbocycles. The summed E-state index contributed by atoms with van der Waals surface area (Å²) >= 11 is 0. The maximum absolute atomic E-state index is 11.3. The summed E-state index contributed by atoms with van der Waals surface area (Å²) in [6.45, 7) is 5.45. The van der Waals surface area contributed by atoms with E-state index < -0.39 is 0 Å². The largest absolute Gasteiger partial charge is 0.465 e. The first-order valence-electron chi connectivity index (χ1n) is 5.98. The first-order valence-corrected chi connectivity index (χ1v) is 5.98. The van der Waals surface area contributed by atoms with Crippen LogP contribution < -0.4 is 4.90 Å². The molecule has 0 aliphatic carbocycles. The van der Waals surface area contributed by atoms with Gasteiger partial charge in [0.15, 0.2) is 0 Å². The molecule has 0 bridgehead atoms. The molecule has 0 heterocycles. The Balaban J connectivity index is 2.70. The zero-order valence-corrected chi connectivity index (χ0v) is 11.1. The van der Waals surface area contributed by atoms with Crippen molar-refractivity contribution < 1.29 is 9.53 Å². The first-order chi connectivity index (χ1) is 8.08. The molecule has 17 heavy (non-hydrogen) atoms. The summed E-state index contributed by atoms with van der Waals surface area (Å²) in [5.41, 5.74) is 1.71. The number of hydrogen-bond acceptors (Lipinski definition) is 3. The van der Waals surface area contributed by atoms with E-state index in [2.05, 4.69) is 30.5 Å². The number of carbonyl (C=O) groups excluding carboxylic acids is 1. The van der Waals surface area contributed by atoms with E-state index >= 15 is 0 Å². The molecule has 0 saturated heterocycles. The molecule has 0 aromatic heterocycles. The highest BCUT2D eigenvalue weighted by Gasteiger charge is 2.08. The maximum Gasteiger partial charge on any atom is 0.337 e. The van der Waals surface area contributed by atoms with Crippen LogP contribution in [0.2, 0.25) is 0 Å². The molecular weight excluding hydrogens is 214 g/mol. The molecule has 0 aliphatic rings. The molecule has 0 N–H and O–H groups in total. The monoisotopic (exact) mass is 235 g/mol. The van der Waals surface area contributed by atoms with Crippen molar-refractivity contribution >= 4 is 11.7 Å². The number of benzene rings is 1. The molecule has 0 radical (unpaired) electrons. The predicted octanol–water partition coefficient (Wildman–Crippen LogP) is 2.96. The summed E-state index contributed by atoms with van der Waals surface area (Å²) in [4.78, 5) is 13.5. The van der Waals surface area contributed by atoms with Crippen molar-refractivity contribution in [3.05, 3.63) is 29.8 Å². The minimum absolute atomic E-state index is 0.291. The van der Waals surface area contributed by atoms with Crippen molar-refractivity contribution in [2.75, 3.05) is 25.6 Å². The minimum atomic E-state index is -0.291. The van der Waals surface area contributed by atoms with Gasteiger partial charge in [-0.25, -0.2) is 4.79 Å². The number of esters is 1. The number of methoxy groups -OCH3 is 1. The summed E-state index contributed by atoms with van der Waals surface area (Å²) in [7, 11) is 3.46. The summed E-state index contributed by atoms with van der Waals surface area (Å²) in [5.74, 6) is 0.376. The molecule has 94 valence electrons. The van der Waals surface area contributed by atoms with Crippen molar-refractivity contribution in [1.82, 2.24) is 0 Å². The quantitative estimate of drug-likeness (QED) is 0.735. The van der Waals surface area contributed by atoms with E-state index in [4.69, 9.17) is 0 Å². The average Bonchev–Trinajstić information content (AvgIpc) is 2.37. The molecule has 0 amide bonds. The van der Waals surface area contributed by atoms with Crippen LogP contribution in [0.3, 0.4) is 0 Å². The zero-order valence-electron chi connectivity index (χ0n) is 11.1. The normalized spacial score (nSPS) is 12.0. The molecule has 0 saturated carbocycles. The Bertz CT molecular complexity index is 359. The number of hydrogen-bond donors (Lipinski definition) is 0. The van der Waals surface area contributed by atoms with Gasteiger partial charge in [-0.15, -0.1) is 0 Å². The predicted molar refractivity (Wildman–Crippen MR) is 70.5 cm³/mol. The summed E-state index contributed by atoms with van der Waals surface area (Å²) < 4.78 is 4.67. The molecule has 0 aliphatic heterocycles. The zero-order chi connectivity index (χ0) is 12.8. The Morgan fingerprint density at radius 1 is 1.35 bits per heavy atom. The summed E-state index contributed by atoms with van der Waals surface area (Å²) in [6, 6.07) is 7.51. The first kappa shape index (κ1) is 13.6. The second kappa shape index (κ2) is 6.28. The van der Waals surface area contributed by atoms with Gasteiger partial charge in [-0.2, -0.15) is 0 Å². The second-order valence-electron chi connectivity index (χ2n) is 4.43. The molecule has 3 nitrogen and oxygen atoms in total. The topological polar surface area (TPSA) is 29.5 Å². The molecule has 0 fully saturated rings. The van der Waals surface area contributed by atoms with Crippen molar-refractivity contribution in [2.24, 2.45) is 5.92 Å². The lowest BCUT2D eigenvalue weighted by atomic mass is 10.1. The molecule has 1 atom stereocenters. The van der Waals surface area contributed by atoms with Gasteiger partial charge in [-0.1, -0.05) is 20.3 Å². The van der Waals surface area contributed by atoms with Crippen LogP contribution in [0.25, 0.3) is 0 Å². The SMILES string of the molecule is CCC(C)CN(C)c1ccc(C(=O)OC)cc1. The molecular formula is C14H21NO2. The van der Waals surface area contributed by atoms with Gasteiger partial charge in [-0.3, -0.25) is 0 Å². The van der Waals surface area contributed by atoms with E-state index in [0.29, 0.717) is 11.5 Å². The number of ether oxygens (including phenoxy) is 1. The van der Waals surface area contributed by atoms with E-state index in [-0.39, 0.29) is 5.97 Å². The lowest BCUT2D eigenvalue weighted by molar-refractivity contribution is 0.0601. The van der Waals surface area contributed by atoms with E-state index in [0.717, 1.165) is 12.2 Å². The Morgan fingerprint density at radius 3 is 2.41 bits per heavy atom. The van der Waals surface area contributed by atoms with Gasteiger partial charge in [0, 0.05) is 19.3 Å². The number of carbonyl (C=O) groups is 1. The number of anilines is 1. The average molecular weight is 235 g/mol. The smallest absolute Gasteiger partial charge is 0.337 e. The van der Waals surface area contributed by atoms with Crippen LogP contribution in [0.15, 0.2) is 24.3 Å². The van der Waals surface area contributed by atoms with E-state index in [1.54, 1.807) is 12.1 Å². The van der Waals surface area contributed by atoms with Gasteiger partial charge in [0.1, 0.15) is 0 Å². The van der Waals surface area contributed by atoms with Crippen LogP contribution in [-0.2, 0) is 4.74 Å². The fraction of sp³-hybridized carbons (Fsp3) is 0.500. The third kappa shape index (κ3) is 3.77. The van der Waals surface area contributed by atoms with Crippen LogP contribution in [0.5, 0.6) is 0 Å². The van der Waals surface area contributed by atoms with E-state index in [9.17, 15) is 4.79 Å². The Hall–Kier alpha value is -1.51. The van der Waals surface area contributed by atoms with Crippen LogP contribution in [0.4, 0.5) is 5.69 Å². The van der Waals surface area contributed by atoms with Gasteiger partial charge < -0.3 is 9.64 Å². The van der Waals surface area contributed by atoms with Crippen LogP contribution >= 0.6 is 0 Å². The Kier molecular flexibility index (Phi) is 5.01. The molecule has 0 spiro atoms. The van der Waals surface area contributed by atoms with Crippen LogP contribution in [0, 0.1) is 5.92 Å². The van der Waals surface area contributed by atoms with Crippen LogP contribution in [-0.4, -0.2) is 26.7 Å². The van der Waals surface area contributed by atoms with Crippen molar-refractivity contribution in [1.29, 1.82) is 0 Å². The van der Waals surface area contributed by atoms with Crippen molar-refractivity contribution in [2.45, 2.75) is 20.3 Å². The minimum Gasteiger partial charge on any atom is -0.465 e. The third-order valence-electron chi connectivity index (χ3n) is 3.01. The van der Waals surface area contributed by atoms with Gasteiger partial charge >= 0.3 is 5.97 Å². The van der Waals surface area contributed by atoms with Crippen molar-refractivity contribution in [3.8, 4) is 0 Å². The van der Waals surface area contributed by atoms with Gasteiger partial charge in [0.2, 0.25) is 0 Å². The highest BCUT2D eigenvalue weighted by molar-refractivity contribution is 5.89. The fourth-order valence-corrected chi connectivity index (χ4v) is 1.67. The standard InChI is InChI=1S/C14H21NO2/c1-5-11(2)10-15(3)13-8-6-12(7-9-13)14(16)17-4/h6-9,11H,5,10H2,1-4H3. The van der Waals surface area contributed by atoms with Gasteiger partial charge in [0.05, 0.1) is 12.7 Å².